The summed E-state index contributed by atoms with van der Waals surface area (Å²) in [5, 5.41) is 3.28. The molecule has 0 radical (unpaired) electrons. The van der Waals surface area contributed by atoms with Gasteiger partial charge < -0.3 is 14.5 Å². The number of amides is 1. The van der Waals surface area contributed by atoms with Crippen LogP contribution in [0.15, 0.2) is 28.9 Å². The minimum Gasteiger partial charge on any atom is -0.467 e. The third-order valence-electron chi connectivity index (χ3n) is 3.48. The van der Waals surface area contributed by atoms with E-state index < -0.39 is 11.7 Å². The molecule has 0 aliphatic heterocycles. The van der Waals surface area contributed by atoms with Gasteiger partial charge in [-0.3, -0.25) is 4.79 Å². The molecule has 2 heterocycles. The van der Waals surface area contributed by atoms with E-state index in [0.29, 0.717) is 22.5 Å². The highest BCUT2D eigenvalue weighted by molar-refractivity contribution is 6.33. The van der Waals surface area contributed by atoms with Gasteiger partial charge in [0.25, 0.3) is 5.91 Å². The number of carbonyl (C=O) groups excluding carboxylic acids is 1. The van der Waals surface area contributed by atoms with Gasteiger partial charge in [-0.05, 0) is 32.0 Å². The van der Waals surface area contributed by atoms with Gasteiger partial charge >= 0.3 is 0 Å². The third-order valence-corrected chi connectivity index (χ3v) is 3.79. The molecule has 0 saturated carbocycles. The Morgan fingerprint density at radius 1 is 1.38 bits per heavy atom. The second-order valence-corrected chi connectivity index (χ2v) is 5.51. The van der Waals surface area contributed by atoms with Gasteiger partial charge in [0, 0.05) is 5.56 Å². The van der Waals surface area contributed by atoms with Crippen LogP contribution in [-0.4, -0.2) is 22.5 Å². The van der Waals surface area contributed by atoms with Gasteiger partial charge in [-0.25, -0.2) is 14.4 Å². The largest absolute Gasteiger partial charge is 0.467 e. The van der Waals surface area contributed by atoms with Crippen LogP contribution in [0, 0.1) is 19.7 Å². The van der Waals surface area contributed by atoms with Crippen molar-refractivity contribution in [2.75, 3.05) is 11.9 Å². The van der Waals surface area contributed by atoms with Crippen molar-refractivity contribution in [3.8, 4) is 5.88 Å². The van der Waals surface area contributed by atoms with E-state index in [1.54, 1.807) is 0 Å². The Labute approximate surface area is 141 Å². The average Bonchev–Trinajstić information content (AvgIpc) is 2.83. The summed E-state index contributed by atoms with van der Waals surface area (Å²) in [5.74, 6) is 0.0316. The van der Waals surface area contributed by atoms with Gasteiger partial charge in [0.1, 0.15) is 23.3 Å². The zero-order valence-corrected chi connectivity index (χ0v) is 13.6. The molecule has 0 unspecified atom stereocenters. The van der Waals surface area contributed by atoms with Gasteiger partial charge in [-0.15, -0.1) is 0 Å². The fourth-order valence-electron chi connectivity index (χ4n) is 2.17. The molecule has 0 fully saturated rings. The summed E-state index contributed by atoms with van der Waals surface area (Å²) in [4.78, 5) is 20.1. The lowest BCUT2D eigenvalue weighted by Gasteiger charge is -2.08. The molecule has 0 bridgehead atoms. The van der Waals surface area contributed by atoms with E-state index in [1.165, 1.54) is 18.5 Å². The predicted molar refractivity (Wildman–Crippen MR) is 86.8 cm³/mol. The molecule has 1 N–H and O–H groups in total. The fraction of sp³-hybridized carbons (Fsp3) is 0.188. The van der Waals surface area contributed by atoms with Gasteiger partial charge in [-0.1, -0.05) is 11.6 Å². The van der Waals surface area contributed by atoms with Gasteiger partial charge in [0.05, 0.1) is 10.7 Å². The summed E-state index contributed by atoms with van der Waals surface area (Å²) >= 11 is 5.86. The SMILES string of the molecule is Cc1oc2ncnc(OCC(=O)Nc3ccc(F)cc3Cl)c2c1C. The number of ether oxygens (including phenoxy) is 1. The number of aryl methyl sites for hydroxylation is 2. The molecule has 0 saturated heterocycles. The second-order valence-electron chi connectivity index (χ2n) is 5.10. The van der Waals surface area contributed by atoms with Crippen LogP contribution in [0.4, 0.5) is 10.1 Å². The van der Waals surface area contributed by atoms with Crippen molar-refractivity contribution >= 4 is 34.3 Å². The number of furan rings is 1. The molecule has 3 aromatic rings. The topological polar surface area (TPSA) is 77.2 Å². The zero-order valence-electron chi connectivity index (χ0n) is 12.9. The third kappa shape index (κ3) is 3.16. The number of anilines is 1. The minimum atomic E-state index is -0.483. The predicted octanol–water partition coefficient (Wildman–Crippen LogP) is 3.65. The van der Waals surface area contributed by atoms with Crippen LogP contribution in [0.25, 0.3) is 11.1 Å². The van der Waals surface area contributed by atoms with Crippen LogP contribution in [0.5, 0.6) is 5.88 Å². The number of fused-ring (bicyclic) bond motifs is 1. The first-order valence-corrected chi connectivity index (χ1v) is 7.42. The number of hydrogen-bond acceptors (Lipinski definition) is 5. The van der Waals surface area contributed by atoms with E-state index >= 15 is 0 Å². The smallest absolute Gasteiger partial charge is 0.262 e. The normalized spacial score (nSPS) is 10.8. The van der Waals surface area contributed by atoms with E-state index in [1.807, 2.05) is 13.8 Å². The van der Waals surface area contributed by atoms with Crippen LogP contribution < -0.4 is 10.1 Å². The lowest BCUT2D eigenvalue weighted by molar-refractivity contribution is -0.118. The summed E-state index contributed by atoms with van der Waals surface area (Å²) in [6.07, 6.45) is 1.30. The maximum atomic E-state index is 13.0. The number of aromatic nitrogens is 2. The molecule has 24 heavy (non-hydrogen) atoms. The number of nitrogens with zero attached hydrogens (tertiary/aromatic N) is 2. The standard InChI is InChI=1S/C16H13ClFN3O3/c1-8-9(2)24-16-14(8)15(19-7-20-16)23-6-13(22)21-12-4-3-10(18)5-11(12)17/h3-5,7H,6H2,1-2H3,(H,21,22). The molecule has 0 atom stereocenters. The van der Waals surface area contributed by atoms with Crippen LogP contribution in [0.3, 0.4) is 0 Å². The summed E-state index contributed by atoms with van der Waals surface area (Å²) in [5.41, 5.74) is 1.55. The van der Waals surface area contributed by atoms with Gasteiger partial charge in [-0.2, -0.15) is 0 Å². The second kappa shape index (κ2) is 6.45. The number of hydrogen-bond donors (Lipinski definition) is 1. The number of carbonyl (C=O) groups is 1. The molecule has 1 amide bonds. The number of nitrogens with one attached hydrogen (secondary N) is 1. The first-order chi connectivity index (χ1) is 11.5. The van der Waals surface area contributed by atoms with Crippen molar-refractivity contribution in [3.05, 3.63) is 46.7 Å². The Balaban J connectivity index is 1.73. The lowest BCUT2D eigenvalue weighted by atomic mass is 10.2. The summed E-state index contributed by atoms with van der Waals surface area (Å²) in [6, 6.07) is 3.69. The minimum absolute atomic E-state index is 0.106. The Kier molecular flexibility index (Phi) is 4.35. The maximum Gasteiger partial charge on any atom is 0.262 e. The summed E-state index contributed by atoms with van der Waals surface area (Å²) < 4.78 is 24.0. The Hall–Kier alpha value is -2.67. The van der Waals surface area contributed by atoms with Crippen molar-refractivity contribution in [2.45, 2.75) is 13.8 Å². The van der Waals surface area contributed by atoms with Crippen LogP contribution in [0.2, 0.25) is 5.02 Å². The molecule has 0 aliphatic rings. The van der Waals surface area contributed by atoms with E-state index in [9.17, 15) is 9.18 Å². The first kappa shape index (κ1) is 16.2. The molecule has 2 aromatic heterocycles. The number of benzene rings is 1. The quantitative estimate of drug-likeness (QED) is 0.778. The van der Waals surface area contributed by atoms with E-state index in [4.69, 9.17) is 20.8 Å². The molecule has 6 nitrogen and oxygen atoms in total. The van der Waals surface area contributed by atoms with E-state index in [2.05, 4.69) is 15.3 Å². The van der Waals surface area contributed by atoms with Crippen molar-refractivity contribution in [1.29, 1.82) is 0 Å². The van der Waals surface area contributed by atoms with Crippen molar-refractivity contribution in [2.24, 2.45) is 0 Å². The highest BCUT2D eigenvalue weighted by Gasteiger charge is 2.16. The van der Waals surface area contributed by atoms with Crippen molar-refractivity contribution in [1.82, 2.24) is 9.97 Å². The molecule has 8 heteroatoms. The van der Waals surface area contributed by atoms with Gasteiger partial charge in [0.15, 0.2) is 6.61 Å². The molecule has 0 spiro atoms. The number of rotatable bonds is 4. The monoisotopic (exact) mass is 349 g/mol. The molecular weight excluding hydrogens is 337 g/mol. The molecule has 124 valence electrons. The number of halogens is 2. The summed E-state index contributed by atoms with van der Waals surface area (Å²) in [6.45, 7) is 3.38. The first-order valence-electron chi connectivity index (χ1n) is 7.04. The van der Waals surface area contributed by atoms with Crippen molar-refractivity contribution in [3.63, 3.8) is 0 Å². The van der Waals surface area contributed by atoms with Gasteiger partial charge in [0.2, 0.25) is 11.6 Å². The zero-order chi connectivity index (χ0) is 17.3. The van der Waals surface area contributed by atoms with E-state index in [0.717, 1.165) is 11.6 Å². The highest BCUT2D eigenvalue weighted by Crippen LogP contribution is 2.29. The van der Waals surface area contributed by atoms with E-state index in [-0.39, 0.29) is 17.5 Å². The maximum absolute atomic E-state index is 13.0. The highest BCUT2D eigenvalue weighted by atomic mass is 35.5. The fourth-order valence-corrected chi connectivity index (χ4v) is 2.39. The van der Waals surface area contributed by atoms with Crippen LogP contribution in [0.1, 0.15) is 11.3 Å². The average molecular weight is 350 g/mol. The Bertz CT molecular complexity index is 926. The molecular formula is C16H13ClFN3O3. The van der Waals surface area contributed by atoms with Crippen LogP contribution in [-0.2, 0) is 4.79 Å². The van der Waals surface area contributed by atoms with Crippen LogP contribution >= 0.6 is 11.6 Å². The molecule has 1 aromatic carbocycles. The van der Waals surface area contributed by atoms with Crippen molar-refractivity contribution < 1.29 is 18.3 Å². The Morgan fingerprint density at radius 3 is 2.92 bits per heavy atom. The lowest BCUT2D eigenvalue weighted by Crippen LogP contribution is -2.20. The molecule has 3 rings (SSSR count). The molecule has 0 aliphatic carbocycles. The summed E-state index contributed by atoms with van der Waals surface area (Å²) in [7, 11) is 0. The Morgan fingerprint density at radius 2 is 2.17 bits per heavy atom.